The maximum Gasteiger partial charge on any atom is 0.416 e. The molecule has 3 rings (SSSR count). The van der Waals surface area contributed by atoms with E-state index in [2.05, 4.69) is 5.32 Å². The van der Waals surface area contributed by atoms with Gasteiger partial charge in [0.1, 0.15) is 11.4 Å². The van der Waals surface area contributed by atoms with E-state index in [9.17, 15) is 32.9 Å². The van der Waals surface area contributed by atoms with E-state index < -0.39 is 46.8 Å². The van der Waals surface area contributed by atoms with Gasteiger partial charge in [-0.1, -0.05) is 12.1 Å². The first-order valence-corrected chi connectivity index (χ1v) is 10.9. The molecule has 35 heavy (non-hydrogen) atoms. The Kier molecular flexibility index (Phi) is 8.15. The minimum absolute atomic E-state index is 0.0576. The van der Waals surface area contributed by atoms with Crippen LogP contribution in [-0.2, 0) is 20.5 Å². The molecule has 0 spiro atoms. The third kappa shape index (κ3) is 6.61. The van der Waals surface area contributed by atoms with Gasteiger partial charge in [0, 0.05) is 19.2 Å². The number of nitrogens with one attached hydrogen (secondary N) is 1. The minimum Gasteiger partial charge on any atom is -0.492 e. The third-order valence-corrected chi connectivity index (χ3v) is 5.47. The van der Waals surface area contributed by atoms with Crippen molar-refractivity contribution in [1.29, 1.82) is 0 Å². The molecule has 2 aromatic rings. The summed E-state index contributed by atoms with van der Waals surface area (Å²) in [4.78, 5) is 36.7. The standard InChI is InChI=1S/C23H24F3N3O6/c1-2-34-20-6-4-3-5-17(20)27-21(30)14-35-22(31)15-9-11-28(12-10-15)18-8-7-16(23(24,25)26)13-19(18)29(32)33/h3-8,13,15H,2,9-12,14H2,1H3,(H,27,30). The van der Waals surface area contributed by atoms with E-state index in [0.29, 0.717) is 24.1 Å². The molecular weight excluding hydrogens is 471 g/mol. The zero-order chi connectivity index (χ0) is 25.6. The van der Waals surface area contributed by atoms with Crippen LogP contribution < -0.4 is 15.0 Å². The number of carbonyl (C=O) groups excluding carboxylic acids is 2. The van der Waals surface area contributed by atoms with Gasteiger partial charge in [-0.05, 0) is 44.0 Å². The number of piperidine rings is 1. The third-order valence-electron chi connectivity index (χ3n) is 5.47. The van der Waals surface area contributed by atoms with Gasteiger partial charge in [-0.3, -0.25) is 19.7 Å². The lowest BCUT2D eigenvalue weighted by Crippen LogP contribution is -2.37. The quantitative estimate of drug-likeness (QED) is 0.328. The molecular formula is C23H24F3N3O6. The Hall–Kier alpha value is -3.83. The van der Waals surface area contributed by atoms with E-state index in [4.69, 9.17) is 9.47 Å². The number of nitro groups is 1. The number of rotatable bonds is 8. The second-order valence-electron chi connectivity index (χ2n) is 7.80. The Balaban J connectivity index is 1.54. The zero-order valence-corrected chi connectivity index (χ0v) is 18.8. The van der Waals surface area contributed by atoms with Gasteiger partial charge < -0.3 is 19.7 Å². The molecule has 0 bridgehead atoms. The molecule has 0 aliphatic carbocycles. The molecule has 188 valence electrons. The fourth-order valence-corrected chi connectivity index (χ4v) is 3.76. The number of hydrogen-bond acceptors (Lipinski definition) is 7. The minimum atomic E-state index is -4.70. The van der Waals surface area contributed by atoms with Crippen molar-refractivity contribution >= 4 is 28.9 Å². The van der Waals surface area contributed by atoms with E-state index in [-0.39, 0.29) is 31.6 Å². The first kappa shape index (κ1) is 25.8. The molecule has 1 aliphatic rings. The number of carbonyl (C=O) groups is 2. The number of benzene rings is 2. The Bertz CT molecular complexity index is 1080. The van der Waals surface area contributed by atoms with Crippen molar-refractivity contribution in [2.24, 2.45) is 5.92 Å². The molecule has 0 unspecified atom stereocenters. The lowest BCUT2D eigenvalue weighted by Gasteiger charge is -2.32. The fraction of sp³-hybridized carbons (Fsp3) is 0.391. The zero-order valence-electron chi connectivity index (χ0n) is 18.8. The van der Waals surface area contributed by atoms with E-state index in [1.165, 1.54) is 0 Å². The summed E-state index contributed by atoms with van der Waals surface area (Å²) >= 11 is 0. The van der Waals surface area contributed by atoms with Crippen molar-refractivity contribution in [2.45, 2.75) is 25.9 Å². The molecule has 2 aromatic carbocycles. The summed E-state index contributed by atoms with van der Waals surface area (Å²) in [5, 5.41) is 14.0. The molecule has 0 aromatic heterocycles. The SMILES string of the molecule is CCOc1ccccc1NC(=O)COC(=O)C1CCN(c2ccc(C(F)(F)F)cc2[N+](=O)[O-])CC1. The van der Waals surface area contributed by atoms with Crippen molar-refractivity contribution in [3.05, 3.63) is 58.1 Å². The summed E-state index contributed by atoms with van der Waals surface area (Å²) in [6, 6.07) is 9.21. The van der Waals surface area contributed by atoms with Crippen molar-refractivity contribution < 1.29 is 37.2 Å². The molecule has 1 amide bonds. The van der Waals surface area contributed by atoms with Gasteiger partial charge in [-0.15, -0.1) is 0 Å². The molecule has 1 heterocycles. The van der Waals surface area contributed by atoms with Crippen molar-refractivity contribution in [3.8, 4) is 5.75 Å². The summed E-state index contributed by atoms with van der Waals surface area (Å²) in [7, 11) is 0. The second-order valence-corrected chi connectivity index (χ2v) is 7.80. The average Bonchev–Trinajstić information content (AvgIpc) is 2.83. The summed E-state index contributed by atoms with van der Waals surface area (Å²) in [5.74, 6) is -1.18. The monoisotopic (exact) mass is 495 g/mol. The highest BCUT2D eigenvalue weighted by Gasteiger charge is 2.35. The summed E-state index contributed by atoms with van der Waals surface area (Å²) in [6.45, 7) is 2.14. The van der Waals surface area contributed by atoms with E-state index >= 15 is 0 Å². The van der Waals surface area contributed by atoms with Crippen molar-refractivity contribution in [3.63, 3.8) is 0 Å². The highest BCUT2D eigenvalue weighted by molar-refractivity contribution is 5.94. The number of alkyl halides is 3. The molecule has 1 N–H and O–H groups in total. The maximum atomic E-state index is 12.9. The number of ether oxygens (including phenoxy) is 2. The lowest BCUT2D eigenvalue weighted by atomic mass is 9.96. The number of esters is 1. The van der Waals surface area contributed by atoms with Crippen LogP contribution in [0.3, 0.4) is 0 Å². The maximum absolute atomic E-state index is 12.9. The first-order chi connectivity index (χ1) is 16.6. The normalized spacial score (nSPS) is 14.3. The van der Waals surface area contributed by atoms with Crippen LogP contribution in [0.15, 0.2) is 42.5 Å². The van der Waals surface area contributed by atoms with Crippen LogP contribution in [0, 0.1) is 16.0 Å². The van der Waals surface area contributed by atoms with Crippen LogP contribution in [0.1, 0.15) is 25.3 Å². The van der Waals surface area contributed by atoms with E-state index in [1.54, 1.807) is 36.1 Å². The van der Waals surface area contributed by atoms with Gasteiger partial charge in [-0.2, -0.15) is 13.2 Å². The van der Waals surface area contributed by atoms with Crippen molar-refractivity contribution in [2.75, 3.05) is 36.5 Å². The number of nitro benzene ring substituents is 1. The van der Waals surface area contributed by atoms with E-state index in [1.807, 2.05) is 0 Å². The van der Waals surface area contributed by atoms with Crippen LogP contribution in [0.2, 0.25) is 0 Å². The largest absolute Gasteiger partial charge is 0.492 e. The molecule has 12 heteroatoms. The Labute approximate surface area is 199 Å². The second kappa shape index (κ2) is 11.1. The van der Waals surface area contributed by atoms with Gasteiger partial charge >= 0.3 is 12.1 Å². The molecule has 1 aliphatic heterocycles. The lowest BCUT2D eigenvalue weighted by molar-refractivity contribution is -0.384. The molecule has 0 radical (unpaired) electrons. The number of halogens is 3. The summed E-state index contributed by atoms with van der Waals surface area (Å²) in [5.41, 5.74) is -1.25. The smallest absolute Gasteiger partial charge is 0.416 e. The van der Waals surface area contributed by atoms with Crippen LogP contribution in [0.4, 0.5) is 30.2 Å². The Morgan fingerprint density at radius 2 is 1.86 bits per heavy atom. The van der Waals surface area contributed by atoms with Crippen molar-refractivity contribution in [1.82, 2.24) is 0 Å². The van der Waals surface area contributed by atoms with Crippen LogP contribution in [0.25, 0.3) is 0 Å². The summed E-state index contributed by atoms with van der Waals surface area (Å²) < 4.78 is 49.3. The average molecular weight is 495 g/mol. The Morgan fingerprint density at radius 3 is 2.49 bits per heavy atom. The highest BCUT2D eigenvalue weighted by atomic mass is 19.4. The molecule has 1 saturated heterocycles. The molecule has 0 saturated carbocycles. The van der Waals surface area contributed by atoms with Crippen LogP contribution in [0.5, 0.6) is 5.75 Å². The van der Waals surface area contributed by atoms with Crippen LogP contribution in [-0.4, -0.2) is 43.1 Å². The van der Waals surface area contributed by atoms with Gasteiger partial charge in [-0.25, -0.2) is 0 Å². The van der Waals surface area contributed by atoms with Gasteiger partial charge in [0.15, 0.2) is 6.61 Å². The van der Waals surface area contributed by atoms with Crippen LogP contribution >= 0.6 is 0 Å². The number of nitrogens with zero attached hydrogens (tertiary/aromatic N) is 2. The van der Waals surface area contributed by atoms with Gasteiger partial charge in [0.05, 0.1) is 28.7 Å². The number of hydrogen-bond donors (Lipinski definition) is 1. The molecule has 0 atom stereocenters. The molecule has 1 fully saturated rings. The van der Waals surface area contributed by atoms with Gasteiger partial charge in [0.25, 0.3) is 11.6 Å². The van der Waals surface area contributed by atoms with Gasteiger partial charge in [0.2, 0.25) is 0 Å². The fourth-order valence-electron chi connectivity index (χ4n) is 3.76. The Morgan fingerprint density at radius 1 is 1.17 bits per heavy atom. The highest BCUT2D eigenvalue weighted by Crippen LogP contribution is 2.37. The first-order valence-electron chi connectivity index (χ1n) is 10.9. The summed E-state index contributed by atoms with van der Waals surface area (Å²) in [6.07, 6.45) is -4.16. The predicted molar refractivity (Wildman–Crippen MR) is 120 cm³/mol. The number of amides is 1. The number of para-hydroxylation sites is 2. The van der Waals surface area contributed by atoms with E-state index in [0.717, 1.165) is 12.1 Å². The predicted octanol–water partition coefficient (Wildman–Crippen LogP) is 4.41. The topological polar surface area (TPSA) is 111 Å². The molecule has 9 nitrogen and oxygen atoms in total. The number of anilines is 2.